The molecule has 0 spiro atoms. The third-order valence-corrected chi connectivity index (χ3v) is 6.57. The Balaban J connectivity index is 1.38. The quantitative estimate of drug-likeness (QED) is 0.569. The molecule has 1 saturated carbocycles. The summed E-state index contributed by atoms with van der Waals surface area (Å²) in [4.78, 5) is 31.8. The molecule has 2 heterocycles. The molecule has 0 unspecified atom stereocenters. The molecule has 7 heteroatoms. The number of nitrogens with one attached hydrogen (secondary N) is 1. The van der Waals surface area contributed by atoms with Crippen molar-refractivity contribution in [3.05, 3.63) is 60.3 Å². The Hall–Kier alpha value is -2.93. The normalized spacial score (nSPS) is 24.4. The molecule has 164 valence electrons. The lowest BCUT2D eigenvalue weighted by Gasteiger charge is -2.39. The summed E-state index contributed by atoms with van der Waals surface area (Å²) in [7, 11) is 0. The maximum atomic E-state index is 13.3. The van der Waals surface area contributed by atoms with Gasteiger partial charge in [-0.25, -0.2) is 10.5 Å². The lowest BCUT2D eigenvalue weighted by Crippen LogP contribution is -2.49. The van der Waals surface area contributed by atoms with E-state index in [1.807, 2.05) is 23.1 Å². The van der Waals surface area contributed by atoms with Crippen molar-refractivity contribution in [1.29, 1.82) is 0 Å². The number of hydrogen-bond donors (Lipinski definition) is 2. The maximum absolute atomic E-state index is 13.3. The number of amides is 2. The summed E-state index contributed by atoms with van der Waals surface area (Å²) in [6.07, 6.45) is 4.87. The number of carbonyl (C=O) groups is 2. The number of likely N-dealkylation sites (tertiary alicyclic amines) is 1. The molecular formula is C24H29N3O4. The molecule has 2 N–H and O–H groups in total. The van der Waals surface area contributed by atoms with Gasteiger partial charge in [0.2, 0.25) is 17.7 Å². The molecule has 1 aromatic heterocycles. The van der Waals surface area contributed by atoms with Gasteiger partial charge in [-0.2, -0.15) is 0 Å². The smallest absolute Gasteiger partial charge is 0.247 e. The molecule has 1 aliphatic heterocycles. The Kier molecular flexibility index (Phi) is 6.82. The number of benzene rings is 1. The molecule has 2 amide bonds. The van der Waals surface area contributed by atoms with E-state index in [2.05, 4.69) is 29.2 Å². The number of hydrogen-bond acceptors (Lipinski definition) is 5. The second kappa shape index (κ2) is 9.92. The average molecular weight is 424 g/mol. The van der Waals surface area contributed by atoms with Crippen LogP contribution in [0.4, 0.5) is 0 Å². The van der Waals surface area contributed by atoms with Crippen molar-refractivity contribution in [2.45, 2.75) is 44.1 Å². The highest BCUT2D eigenvalue weighted by atomic mass is 16.5. The minimum Gasteiger partial charge on any atom is -0.474 e. The highest BCUT2D eigenvalue weighted by Crippen LogP contribution is 2.35. The zero-order valence-corrected chi connectivity index (χ0v) is 17.5. The summed E-state index contributed by atoms with van der Waals surface area (Å²) in [6.45, 7) is 1.38. The molecule has 2 fully saturated rings. The lowest BCUT2D eigenvalue weighted by molar-refractivity contribution is -0.149. The fourth-order valence-electron chi connectivity index (χ4n) is 4.89. The Morgan fingerprint density at radius 3 is 2.39 bits per heavy atom. The fourth-order valence-corrected chi connectivity index (χ4v) is 4.89. The van der Waals surface area contributed by atoms with E-state index in [0.29, 0.717) is 44.1 Å². The van der Waals surface area contributed by atoms with Crippen molar-refractivity contribution >= 4 is 11.8 Å². The van der Waals surface area contributed by atoms with Crippen LogP contribution in [0.15, 0.2) is 54.7 Å². The van der Waals surface area contributed by atoms with E-state index in [0.717, 1.165) is 12.8 Å². The molecule has 1 aromatic carbocycles. The maximum Gasteiger partial charge on any atom is 0.247 e. The predicted octanol–water partition coefficient (Wildman–Crippen LogP) is 3.16. The Morgan fingerprint density at radius 1 is 0.968 bits per heavy atom. The molecule has 3 atom stereocenters. The SMILES string of the molecule is O=C(NO)[C@H]1C[C@H](Oc2ccccn2)CC[C@@H]1C(=O)N1CCC(c2ccccc2)CC1. The van der Waals surface area contributed by atoms with Crippen molar-refractivity contribution in [2.75, 3.05) is 13.1 Å². The van der Waals surface area contributed by atoms with Gasteiger partial charge in [0.25, 0.3) is 0 Å². The number of aromatic nitrogens is 1. The highest BCUT2D eigenvalue weighted by molar-refractivity contribution is 5.87. The van der Waals surface area contributed by atoms with E-state index in [9.17, 15) is 14.8 Å². The van der Waals surface area contributed by atoms with Crippen LogP contribution in [0.1, 0.15) is 43.6 Å². The van der Waals surface area contributed by atoms with Crippen LogP contribution < -0.4 is 10.2 Å². The van der Waals surface area contributed by atoms with Crippen molar-refractivity contribution in [3.8, 4) is 5.88 Å². The van der Waals surface area contributed by atoms with Crippen LogP contribution in [0.2, 0.25) is 0 Å². The van der Waals surface area contributed by atoms with Crippen molar-refractivity contribution in [3.63, 3.8) is 0 Å². The Bertz CT molecular complexity index is 869. The van der Waals surface area contributed by atoms with Gasteiger partial charge in [0.1, 0.15) is 6.10 Å². The minimum atomic E-state index is -0.619. The summed E-state index contributed by atoms with van der Waals surface area (Å²) in [5.74, 6) is -0.605. The second-order valence-electron chi connectivity index (χ2n) is 8.42. The molecule has 2 aliphatic rings. The third kappa shape index (κ3) is 5.05. The summed E-state index contributed by atoms with van der Waals surface area (Å²) < 4.78 is 5.92. The first-order chi connectivity index (χ1) is 15.2. The van der Waals surface area contributed by atoms with Gasteiger partial charge in [-0.05, 0) is 49.7 Å². The van der Waals surface area contributed by atoms with E-state index >= 15 is 0 Å². The van der Waals surface area contributed by atoms with Gasteiger partial charge >= 0.3 is 0 Å². The van der Waals surface area contributed by atoms with E-state index in [4.69, 9.17) is 4.74 Å². The van der Waals surface area contributed by atoms with Crippen LogP contribution in [0.25, 0.3) is 0 Å². The third-order valence-electron chi connectivity index (χ3n) is 6.57. The number of pyridine rings is 1. The monoisotopic (exact) mass is 423 g/mol. The zero-order chi connectivity index (χ0) is 21.6. The highest BCUT2D eigenvalue weighted by Gasteiger charge is 2.42. The van der Waals surface area contributed by atoms with Crippen molar-refractivity contribution in [1.82, 2.24) is 15.4 Å². The number of piperidine rings is 1. The van der Waals surface area contributed by atoms with Crippen molar-refractivity contribution in [2.24, 2.45) is 11.8 Å². The van der Waals surface area contributed by atoms with Crippen LogP contribution in [-0.2, 0) is 9.59 Å². The van der Waals surface area contributed by atoms with Crippen molar-refractivity contribution < 1.29 is 19.5 Å². The van der Waals surface area contributed by atoms with E-state index in [1.165, 1.54) is 5.56 Å². The molecule has 7 nitrogen and oxygen atoms in total. The van der Waals surface area contributed by atoms with Gasteiger partial charge < -0.3 is 9.64 Å². The van der Waals surface area contributed by atoms with Gasteiger partial charge in [-0.3, -0.25) is 14.8 Å². The zero-order valence-electron chi connectivity index (χ0n) is 17.5. The summed E-state index contributed by atoms with van der Waals surface area (Å²) in [6, 6.07) is 15.8. The molecule has 1 saturated heterocycles. The first-order valence-corrected chi connectivity index (χ1v) is 11.0. The van der Waals surface area contributed by atoms with Crippen LogP contribution in [0, 0.1) is 11.8 Å². The van der Waals surface area contributed by atoms with Gasteiger partial charge in [-0.15, -0.1) is 0 Å². The summed E-state index contributed by atoms with van der Waals surface area (Å²) >= 11 is 0. The molecule has 1 aliphatic carbocycles. The van der Waals surface area contributed by atoms with E-state index in [-0.39, 0.29) is 12.0 Å². The molecular weight excluding hydrogens is 394 g/mol. The van der Waals surface area contributed by atoms with Gasteiger partial charge in [-0.1, -0.05) is 36.4 Å². The number of hydroxylamine groups is 1. The second-order valence-corrected chi connectivity index (χ2v) is 8.42. The molecule has 4 rings (SSSR count). The standard InChI is InChI=1S/C24H29N3O4/c28-23(26-30)21-16-19(31-22-8-4-5-13-25-22)9-10-20(21)24(29)27-14-11-18(12-15-27)17-6-2-1-3-7-17/h1-8,13,18-21,30H,9-12,14-16H2,(H,26,28)/t19-,20+,21+/m1/s1. The van der Waals surface area contributed by atoms with E-state index < -0.39 is 17.7 Å². The number of ether oxygens (including phenoxy) is 1. The first-order valence-electron chi connectivity index (χ1n) is 11.0. The number of rotatable bonds is 5. The van der Waals surface area contributed by atoms with Gasteiger partial charge in [0, 0.05) is 25.4 Å². The molecule has 0 bridgehead atoms. The Labute approximate surface area is 182 Å². The average Bonchev–Trinajstić information content (AvgIpc) is 2.84. The lowest BCUT2D eigenvalue weighted by atomic mass is 9.76. The topological polar surface area (TPSA) is 91.8 Å². The van der Waals surface area contributed by atoms with Gasteiger partial charge in [0.05, 0.1) is 11.8 Å². The molecule has 31 heavy (non-hydrogen) atoms. The van der Waals surface area contributed by atoms with Crippen LogP contribution in [0.3, 0.4) is 0 Å². The van der Waals surface area contributed by atoms with Crippen LogP contribution in [0.5, 0.6) is 5.88 Å². The molecule has 2 aromatic rings. The van der Waals surface area contributed by atoms with Crippen LogP contribution >= 0.6 is 0 Å². The fraction of sp³-hybridized carbons (Fsp3) is 0.458. The largest absolute Gasteiger partial charge is 0.474 e. The minimum absolute atomic E-state index is 0.0106. The molecule has 0 radical (unpaired) electrons. The number of nitrogens with zero attached hydrogens (tertiary/aromatic N) is 2. The number of carbonyl (C=O) groups excluding carboxylic acids is 2. The predicted molar refractivity (Wildman–Crippen MR) is 114 cm³/mol. The van der Waals surface area contributed by atoms with Gasteiger partial charge in [0.15, 0.2) is 0 Å². The summed E-state index contributed by atoms with van der Waals surface area (Å²) in [5, 5.41) is 9.26. The van der Waals surface area contributed by atoms with Crippen LogP contribution in [-0.4, -0.2) is 46.1 Å². The van der Waals surface area contributed by atoms with E-state index in [1.54, 1.807) is 17.7 Å². The first kappa shape index (κ1) is 21.3. The summed E-state index contributed by atoms with van der Waals surface area (Å²) in [5.41, 5.74) is 3.07. The Morgan fingerprint density at radius 2 is 1.71 bits per heavy atom.